The molecule has 2 atom stereocenters. The Labute approximate surface area is 120 Å². The first-order valence-corrected chi connectivity index (χ1v) is 7.85. The van der Waals surface area contributed by atoms with Gasteiger partial charge in [-0.25, -0.2) is 0 Å². The first-order chi connectivity index (χ1) is 9.21. The maximum absolute atomic E-state index is 9.12. The van der Waals surface area contributed by atoms with Gasteiger partial charge in [0.1, 0.15) is 5.75 Å². The molecule has 0 spiro atoms. The smallest absolute Gasteiger partial charge is 0.119 e. The van der Waals surface area contributed by atoms with Gasteiger partial charge >= 0.3 is 0 Å². The minimum atomic E-state index is 0.225. The quantitative estimate of drug-likeness (QED) is 0.731. The van der Waals surface area contributed by atoms with Crippen LogP contribution < -0.4 is 10.1 Å². The molecule has 4 heteroatoms. The molecule has 0 saturated heterocycles. The summed E-state index contributed by atoms with van der Waals surface area (Å²) < 4.78 is 5.28. The van der Waals surface area contributed by atoms with Crippen LogP contribution in [0.4, 0.5) is 0 Å². The van der Waals surface area contributed by atoms with Crippen molar-refractivity contribution in [2.24, 2.45) is 0 Å². The van der Waals surface area contributed by atoms with Gasteiger partial charge < -0.3 is 15.2 Å². The first-order valence-electron chi connectivity index (χ1n) is 6.81. The maximum atomic E-state index is 9.12. The molecule has 0 heterocycles. The molecule has 1 aromatic rings. The minimum Gasteiger partial charge on any atom is -0.497 e. The normalized spacial score (nSPS) is 14.1. The summed E-state index contributed by atoms with van der Waals surface area (Å²) in [5.74, 6) is 1.84. The highest BCUT2D eigenvalue weighted by Gasteiger charge is 2.13. The fraction of sp³-hybridized carbons (Fsp3) is 0.600. The summed E-state index contributed by atoms with van der Waals surface area (Å²) in [5.41, 5.74) is 1.24. The van der Waals surface area contributed by atoms with Crippen molar-refractivity contribution in [3.05, 3.63) is 29.8 Å². The average molecular weight is 283 g/mol. The predicted octanol–water partition coefficient (Wildman–Crippen LogP) is 2.85. The molecule has 0 fully saturated rings. The fourth-order valence-electron chi connectivity index (χ4n) is 1.76. The van der Waals surface area contributed by atoms with E-state index in [2.05, 4.69) is 24.4 Å². The summed E-state index contributed by atoms with van der Waals surface area (Å²) in [6.07, 6.45) is 1.11. The lowest BCUT2D eigenvalue weighted by molar-refractivity contribution is 0.300. The number of rotatable bonds is 9. The van der Waals surface area contributed by atoms with E-state index in [9.17, 15) is 0 Å². The zero-order valence-electron chi connectivity index (χ0n) is 12.1. The first kappa shape index (κ1) is 16.3. The topological polar surface area (TPSA) is 41.5 Å². The number of benzene rings is 1. The van der Waals surface area contributed by atoms with Crippen LogP contribution in [0, 0.1) is 0 Å². The van der Waals surface area contributed by atoms with Crippen molar-refractivity contribution in [2.45, 2.75) is 31.6 Å². The average Bonchev–Trinajstić information content (AvgIpc) is 2.47. The molecule has 1 rings (SSSR count). The van der Waals surface area contributed by atoms with Gasteiger partial charge in [0.15, 0.2) is 0 Å². The van der Waals surface area contributed by atoms with Gasteiger partial charge in [-0.1, -0.05) is 26.0 Å². The van der Waals surface area contributed by atoms with E-state index in [4.69, 9.17) is 9.84 Å². The second-order valence-corrected chi connectivity index (χ2v) is 6.08. The van der Waals surface area contributed by atoms with Crippen LogP contribution in [0.3, 0.4) is 0 Å². The molecule has 108 valence electrons. The van der Waals surface area contributed by atoms with Gasteiger partial charge in [-0.3, -0.25) is 0 Å². The highest BCUT2D eigenvalue weighted by molar-refractivity contribution is 7.99. The van der Waals surface area contributed by atoms with Gasteiger partial charge in [-0.2, -0.15) is 11.8 Å². The van der Waals surface area contributed by atoms with Crippen molar-refractivity contribution in [2.75, 3.05) is 26.0 Å². The number of hydrogen-bond donors (Lipinski definition) is 2. The number of hydrogen-bond acceptors (Lipinski definition) is 4. The van der Waals surface area contributed by atoms with Crippen molar-refractivity contribution in [3.63, 3.8) is 0 Å². The lowest BCUT2D eigenvalue weighted by Gasteiger charge is -2.20. The molecule has 0 bridgehead atoms. The van der Waals surface area contributed by atoms with Crippen LogP contribution >= 0.6 is 11.8 Å². The lowest BCUT2D eigenvalue weighted by atomic mass is 10.1. The highest BCUT2D eigenvalue weighted by Crippen LogP contribution is 2.24. The van der Waals surface area contributed by atoms with Crippen LogP contribution in [0.5, 0.6) is 5.75 Å². The van der Waals surface area contributed by atoms with Crippen LogP contribution in [-0.4, -0.2) is 36.4 Å². The number of nitrogens with one attached hydrogen (secondary N) is 1. The van der Waals surface area contributed by atoms with Crippen molar-refractivity contribution >= 4 is 11.8 Å². The lowest BCUT2D eigenvalue weighted by Crippen LogP contribution is -2.25. The van der Waals surface area contributed by atoms with Gasteiger partial charge in [0.2, 0.25) is 0 Å². The molecule has 0 aliphatic heterocycles. The molecule has 19 heavy (non-hydrogen) atoms. The van der Waals surface area contributed by atoms with E-state index in [1.807, 2.05) is 19.1 Å². The zero-order chi connectivity index (χ0) is 14.1. The van der Waals surface area contributed by atoms with Gasteiger partial charge in [0, 0.05) is 17.0 Å². The van der Waals surface area contributed by atoms with E-state index in [-0.39, 0.29) is 11.9 Å². The molecule has 3 nitrogen and oxygen atoms in total. The molecule has 0 aliphatic carbocycles. The van der Waals surface area contributed by atoms with Crippen molar-refractivity contribution in [1.82, 2.24) is 5.32 Å². The molecule has 2 unspecified atom stereocenters. The predicted molar refractivity (Wildman–Crippen MR) is 83.0 cm³/mol. The van der Waals surface area contributed by atoms with E-state index in [1.165, 1.54) is 5.56 Å². The van der Waals surface area contributed by atoms with Crippen LogP contribution in [-0.2, 0) is 0 Å². The minimum absolute atomic E-state index is 0.225. The summed E-state index contributed by atoms with van der Waals surface area (Å²) in [4.78, 5) is 0. The molecule has 0 amide bonds. The Bertz CT molecular complexity index is 360. The number of thioether (sulfide) groups is 1. The Kier molecular flexibility index (Phi) is 7.94. The number of methoxy groups -OCH3 is 1. The summed E-state index contributed by atoms with van der Waals surface area (Å²) in [6.45, 7) is 5.44. The standard InChI is InChI=1S/C15H25NO2S/c1-4-8-16-15(11-19-12(2)10-17)13-6-5-7-14(9-13)18-3/h5-7,9,12,15-17H,4,8,10-11H2,1-3H3. The van der Waals surface area contributed by atoms with Gasteiger partial charge in [-0.05, 0) is 30.7 Å². The van der Waals surface area contributed by atoms with E-state index in [1.54, 1.807) is 18.9 Å². The van der Waals surface area contributed by atoms with Crippen molar-refractivity contribution < 1.29 is 9.84 Å². The maximum Gasteiger partial charge on any atom is 0.119 e. The second kappa shape index (κ2) is 9.23. The van der Waals surface area contributed by atoms with Crippen LogP contribution in [0.1, 0.15) is 31.9 Å². The Balaban J connectivity index is 2.70. The van der Waals surface area contributed by atoms with E-state index >= 15 is 0 Å². The third-order valence-electron chi connectivity index (χ3n) is 2.94. The Morgan fingerprint density at radius 1 is 1.42 bits per heavy atom. The SMILES string of the molecule is CCCNC(CSC(C)CO)c1cccc(OC)c1. The number of ether oxygens (including phenoxy) is 1. The molecular formula is C15H25NO2S. The van der Waals surface area contributed by atoms with Crippen LogP contribution in [0.25, 0.3) is 0 Å². The highest BCUT2D eigenvalue weighted by atomic mass is 32.2. The zero-order valence-corrected chi connectivity index (χ0v) is 12.9. The monoisotopic (exact) mass is 283 g/mol. The molecule has 0 radical (unpaired) electrons. The number of aliphatic hydroxyl groups excluding tert-OH is 1. The van der Waals surface area contributed by atoms with Gasteiger partial charge in [0.05, 0.1) is 13.7 Å². The van der Waals surface area contributed by atoms with E-state index in [0.29, 0.717) is 6.04 Å². The molecule has 0 saturated carbocycles. The van der Waals surface area contributed by atoms with Crippen LogP contribution in [0.2, 0.25) is 0 Å². The third kappa shape index (κ3) is 5.85. The van der Waals surface area contributed by atoms with Crippen molar-refractivity contribution in [1.29, 1.82) is 0 Å². The van der Waals surface area contributed by atoms with Gasteiger partial charge in [0.25, 0.3) is 0 Å². The molecule has 0 aromatic heterocycles. The Morgan fingerprint density at radius 2 is 2.21 bits per heavy atom. The second-order valence-electron chi connectivity index (χ2n) is 4.61. The van der Waals surface area contributed by atoms with Crippen LogP contribution in [0.15, 0.2) is 24.3 Å². The summed E-state index contributed by atoms with van der Waals surface area (Å²) in [6, 6.07) is 8.49. The van der Waals surface area contributed by atoms with Crippen molar-refractivity contribution in [3.8, 4) is 5.75 Å². The molecular weight excluding hydrogens is 258 g/mol. The largest absolute Gasteiger partial charge is 0.497 e. The summed E-state index contributed by atoms with van der Waals surface area (Å²) >= 11 is 1.79. The molecule has 2 N–H and O–H groups in total. The number of aliphatic hydroxyl groups is 1. The summed E-state index contributed by atoms with van der Waals surface area (Å²) in [7, 11) is 1.69. The fourth-order valence-corrected chi connectivity index (χ4v) is 2.70. The van der Waals surface area contributed by atoms with E-state index < -0.39 is 0 Å². The van der Waals surface area contributed by atoms with E-state index in [0.717, 1.165) is 24.5 Å². The third-order valence-corrected chi connectivity index (χ3v) is 4.19. The molecule has 1 aromatic carbocycles. The summed E-state index contributed by atoms with van der Waals surface area (Å²) in [5, 5.41) is 12.9. The molecule has 0 aliphatic rings. The Hall–Kier alpha value is -0.710. The van der Waals surface area contributed by atoms with Gasteiger partial charge in [-0.15, -0.1) is 0 Å². The Morgan fingerprint density at radius 3 is 2.84 bits per heavy atom.